The molecule has 4 nitrogen and oxygen atoms in total. The van der Waals surface area contributed by atoms with Crippen molar-refractivity contribution in [1.82, 2.24) is 5.32 Å². The van der Waals surface area contributed by atoms with Crippen LogP contribution in [0.1, 0.15) is 10.4 Å². The topological polar surface area (TPSA) is 53.5 Å². The van der Waals surface area contributed by atoms with Crippen molar-refractivity contribution < 1.29 is 4.79 Å². The molecule has 1 aliphatic rings. The molecule has 0 radical (unpaired) electrons. The molecule has 0 spiro atoms. The normalized spacial score (nSPS) is 19.1. The van der Waals surface area contributed by atoms with E-state index >= 15 is 0 Å². The van der Waals surface area contributed by atoms with Crippen LogP contribution in [0.25, 0.3) is 0 Å². The lowest BCUT2D eigenvalue weighted by Gasteiger charge is -2.13. The largest absolute Gasteiger partial charge is 0.343 e. The smallest absolute Gasteiger partial charge is 0.251 e. The zero-order valence-electron chi connectivity index (χ0n) is 12.0. The number of thioether (sulfide) groups is 1. The number of rotatable bonds is 4. The molecule has 0 aromatic heterocycles. The van der Waals surface area contributed by atoms with Crippen LogP contribution in [0.5, 0.6) is 0 Å². The Kier molecular flexibility index (Phi) is 4.75. The van der Waals surface area contributed by atoms with E-state index in [2.05, 4.69) is 15.8 Å². The lowest BCUT2D eigenvalue weighted by Crippen LogP contribution is -2.40. The summed E-state index contributed by atoms with van der Waals surface area (Å²) in [7, 11) is 0. The summed E-state index contributed by atoms with van der Waals surface area (Å²) in [5.74, 6) is 1.63. The van der Waals surface area contributed by atoms with E-state index in [0.717, 1.165) is 22.9 Å². The van der Waals surface area contributed by atoms with Gasteiger partial charge in [0, 0.05) is 17.1 Å². The molecule has 1 fully saturated rings. The highest BCUT2D eigenvalue weighted by molar-refractivity contribution is 8.00. The summed E-state index contributed by atoms with van der Waals surface area (Å²) in [6.07, 6.45) is 0. The number of nitrogens with zero attached hydrogens (tertiary/aromatic N) is 1. The van der Waals surface area contributed by atoms with Gasteiger partial charge in [0.2, 0.25) is 0 Å². The van der Waals surface area contributed by atoms with Crippen LogP contribution < -0.4 is 10.7 Å². The van der Waals surface area contributed by atoms with Crippen LogP contribution >= 0.6 is 11.8 Å². The fourth-order valence-electron chi connectivity index (χ4n) is 2.19. The molecule has 5 heteroatoms. The third kappa shape index (κ3) is 3.68. The molecule has 1 unspecified atom stereocenters. The van der Waals surface area contributed by atoms with Gasteiger partial charge in [-0.3, -0.25) is 10.2 Å². The highest BCUT2D eigenvalue weighted by Gasteiger charge is 2.25. The molecule has 2 N–H and O–H groups in total. The minimum Gasteiger partial charge on any atom is -0.343 e. The number of benzene rings is 2. The summed E-state index contributed by atoms with van der Waals surface area (Å²) < 4.78 is 0. The molecule has 2 aromatic carbocycles. The van der Waals surface area contributed by atoms with Crippen LogP contribution in [-0.4, -0.2) is 29.2 Å². The van der Waals surface area contributed by atoms with Gasteiger partial charge in [0.25, 0.3) is 5.91 Å². The lowest BCUT2D eigenvalue weighted by molar-refractivity contribution is 0.0950. The summed E-state index contributed by atoms with van der Waals surface area (Å²) in [6.45, 7) is 0. The van der Waals surface area contributed by atoms with Crippen LogP contribution in [0.2, 0.25) is 0 Å². The predicted octanol–water partition coefficient (Wildman–Crippen LogP) is 3.00. The predicted molar refractivity (Wildman–Crippen MR) is 92.5 cm³/mol. The number of para-hydroxylation sites is 1. The first-order valence-electron chi connectivity index (χ1n) is 7.14. The quantitative estimate of drug-likeness (QED) is 0.854. The Balaban J connectivity index is 1.64. The van der Waals surface area contributed by atoms with E-state index in [1.54, 1.807) is 11.8 Å². The number of carbonyl (C=O) groups is 1. The van der Waals surface area contributed by atoms with E-state index in [1.165, 1.54) is 0 Å². The zero-order valence-corrected chi connectivity index (χ0v) is 12.8. The van der Waals surface area contributed by atoms with Crippen LogP contribution in [0, 0.1) is 0 Å². The van der Waals surface area contributed by atoms with E-state index in [0.29, 0.717) is 5.56 Å². The van der Waals surface area contributed by atoms with Crippen molar-refractivity contribution in [3.63, 3.8) is 0 Å². The van der Waals surface area contributed by atoms with E-state index in [1.807, 2.05) is 60.7 Å². The number of hydrazone groups is 1. The van der Waals surface area contributed by atoms with E-state index in [-0.39, 0.29) is 11.9 Å². The highest BCUT2D eigenvalue weighted by Crippen LogP contribution is 2.17. The van der Waals surface area contributed by atoms with Gasteiger partial charge >= 0.3 is 0 Å². The Morgan fingerprint density at radius 2 is 1.73 bits per heavy atom. The molecule has 0 bridgehead atoms. The molecule has 3 rings (SSSR count). The Morgan fingerprint density at radius 1 is 1.05 bits per heavy atom. The van der Waals surface area contributed by atoms with Gasteiger partial charge in [-0.05, 0) is 24.3 Å². The van der Waals surface area contributed by atoms with Gasteiger partial charge in [0.1, 0.15) is 0 Å². The zero-order chi connectivity index (χ0) is 15.2. The molecule has 2 aromatic rings. The summed E-state index contributed by atoms with van der Waals surface area (Å²) in [6, 6.07) is 19.1. The first kappa shape index (κ1) is 14.7. The van der Waals surface area contributed by atoms with Gasteiger partial charge in [-0.25, -0.2) is 0 Å². The molecule has 1 heterocycles. The second-order valence-electron chi connectivity index (χ2n) is 4.99. The van der Waals surface area contributed by atoms with E-state index in [9.17, 15) is 4.79 Å². The number of hydrogen-bond donors (Lipinski definition) is 2. The molecule has 1 saturated heterocycles. The average molecular weight is 311 g/mol. The SMILES string of the molecule is O=C(NC1CSCC1=NNc1ccccc1)c1ccccc1. The van der Waals surface area contributed by atoms with Gasteiger partial charge in [0.05, 0.1) is 17.4 Å². The van der Waals surface area contributed by atoms with Crippen LogP contribution in [-0.2, 0) is 0 Å². The van der Waals surface area contributed by atoms with Crippen molar-refractivity contribution in [2.75, 3.05) is 16.9 Å². The van der Waals surface area contributed by atoms with Crippen LogP contribution in [0.4, 0.5) is 5.69 Å². The maximum Gasteiger partial charge on any atom is 0.251 e. The third-order valence-electron chi connectivity index (χ3n) is 3.38. The molecule has 22 heavy (non-hydrogen) atoms. The van der Waals surface area contributed by atoms with Gasteiger partial charge in [0.15, 0.2) is 0 Å². The fourth-order valence-corrected chi connectivity index (χ4v) is 3.30. The minimum atomic E-state index is -0.0551. The first-order chi connectivity index (χ1) is 10.8. The third-order valence-corrected chi connectivity index (χ3v) is 4.45. The number of carbonyl (C=O) groups excluding carboxylic acids is 1. The van der Waals surface area contributed by atoms with Gasteiger partial charge in [-0.2, -0.15) is 16.9 Å². The first-order valence-corrected chi connectivity index (χ1v) is 8.29. The Bertz CT molecular complexity index is 658. The van der Waals surface area contributed by atoms with Gasteiger partial charge < -0.3 is 5.32 Å². The molecule has 0 saturated carbocycles. The van der Waals surface area contributed by atoms with Crippen molar-refractivity contribution in [3.05, 3.63) is 66.2 Å². The summed E-state index contributed by atoms with van der Waals surface area (Å²) in [5, 5.41) is 7.50. The number of nitrogens with one attached hydrogen (secondary N) is 2. The Hall–Kier alpha value is -2.27. The van der Waals surface area contributed by atoms with Crippen molar-refractivity contribution in [1.29, 1.82) is 0 Å². The average Bonchev–Trinajstić information content (AvgIpc) is 3.02. The lowest BCUT2D eigenvalue weighted by atomic mass is 10.1. The van der Waals surface area contributed by atoms with E-state index in [4.69, 9.17) is 0 Å². The molecule has 1 atom stereocenters. The summed E-state index contributed by atoms with van der Waals surface area (Å²) in [5.41, 5.74) is 5.64. The Labute approximate surface area is 134 Å². The maximum atomic E-state index is 12.2. The van der Waals surface area contributed by atoms with Crippen molar-refractivity contribution >= 4 is 29.1 Å². The van der Waals surface area contributed by atoms with Gasteiger partial charge in [-0.15, -0.1) is 0 Å². The minimum absolute atomic E-state index is 0.0195. The molecule has 1 amide bonds. The summed E-state index contributed by atoms with van der Waals surface area (Å²) >= 11 is 1.78. The fraction of sp³-hybridized carbons (Fsp3) is 0.176. The number of hydrogen-bond acceptors (Lipinski definition) is 4. The standard InChI is InChI=1S/C17H17N3OS/c21-17(13-7-3-1-4-8-13)18-15-11-22-12-16(15)20-19-14-9-5-2-6-10-14/h1-10,15,19H,11-12H2,(H,18,21). The molecular formula is C17H17N3OS. The van der Waals surface area contributed by atoms with Crippen molar-refractivity contribution in [2.45, 2.75) is 6.04 Å². The van der Waals surface area contributed by atoms with Gasteiger partial charge in [-0.1, -0.05) is 36.4 Å². The Morgan fingerprint density at radius 3 is 2.45 bits per heavy atom. The number of anilines is 1. The van der Waals surface area contributed by atoms with Crippen LogP contribution in [0.15, 0.2) is 65.8 Å². The monoisotopic (exact) mass is 311 g/mol. The highest BCUT2D eigenvalue weighted by atomic mass is 32.2. The van der Waals surface area contributed by atoms with E-state index < -0.39 is 0 Å². The van der Waals surface area contributed by atoms with Crippen molar-refractivity contribution in [3.8, 4) is 0 Å². The second-order valence-corrected chi connectivity index (χ2v) is 6.02. The summed E-state index contributed by atoms with van der Waals surface area (Å²) in [4.78, 5) is 12.2. The molecular weight excluding hydrogens is 294 g/mol. The van der Waals surface area contributed by atoms with Crippen molar-refractivity contribution in [2.24, 2.45) is 5.10 Å². The maximum absolute atomic E-state index is 12.2. The second kappa shape index (κ2) is 7.13. The molecule has 1 aliphatic heterocycles. The molecule has 112 valence electrons. The molecule has 0 aliphatic carbocycles. The van der Waals surface area contributed by atoms with Crippen LogP contribution in [0.3, 0.4) is 0 Å². The number of amides is 1.